The lowest BCUT2D eigenvalue weighted by Crippen LogP contribution is -2.41. The van der Waals surface area contributed by atoms with Crippen LogP contribution in [-0.4, -0.2) is 60.8 Å². The predicted octanol–water partition coefficient (Wildman–Crippen LogP) is 2.31. The van der Waals surface area contributed by atoms with Crippen molar-refractivity contribution in [2.45, 2.75) is 45.1 Å². The number of hydrazone groups is 1. The Hall–Kier alpha value is -1.88. The van der Waals surface area contributed by atoms with Crippen molar-refractivity contribution >= 4 is 12.1 Å². The Morgan fingerprint density at radius 1 is 1.23 bits per heavy atom. The summed E-state index contributed by atoms with van der Waals surface area (Å²) in [7, 11) is 0. The minimum Gasteiger partial charge on any atom is -0.351 e. The zero-order valence-corrected chi connectivity index (χ0v) is 15.8. The number of fused-ring (bicyclic) bond motifs is 1. The second-order valence-electron chi connectivity index (χ2n) is 7.84. The average molecular weight is 354 g/mol. The molecular weight excluding hydrogens is 324 g/mol. The van der Waals surface area contributed by atoms with Crippen LogP contribution in [0.5, 0.6) is 0 Å². The largest absolute Gasteiger partial charge is 0.351 e. The minimum absolute atomic E-state index is 0.0382. The van der Waals surface area contributed by atoms with Gasteiger partial charge in [0.25, 0.3) is 5.91 Å². The van der Waals surface area contributed by atoms with E-state index in [-0.39, 0.29) is 5.91 Å². The summed E-state index contributed by atoms with van der Waals surface area (Å²) in [4.78, 5) is 15.2. The molecule has 0 bridgehead atoms. The van der Waals surface area contributed by atoms with Gasteiger partial charge in [0.15, 0.2) is 0 Å². The fraction of sp³-hybridized carbons (Fsp3) is 0.619. The van der Waals surface area contributed by atoms with E-state index in [9.17, 15) is 4.79 Å². The summed E-state index contributed by atoms with van der Waals surface area (Å²) >= 11 is 0. The molecule has 1 unspecified atom stereocenters. The number of hydrogen-bond acceptors (Lipinski definition) is 4. The molecule has 0 radical (unpaired) electrons. The SMILES string of the molecule is CCN1CC(CNC(=O)c2ccc3c(c2)CCN(C2CCC2)CC3)C=N1. The van der Waals surface area contributed by atoms with Gasteiger partial charge in [0.1, 0.15) is 0 Å². The molecule has 1 aromatic carbocycles. The van der Waals surface area contributed by atoms with E-state index in [4.69, 9.17) is 0 Å². The molecule has 0 spiro atoms. The standard InChI is InChI=1S/C21H30N4O/c1-2-25-15-16(14-23-25)13-22-21(26)19-7-6-17-8-10-24(20-4-3-5-20)11-9-18(17)12-19/h6-7,12,14,16,20H,2-5,8-11,13,15H2,1H3,(H,22,26). The van der Waals surface area contributed by atoms with Crippen LogP contribution >= 0.6 is 0 Å². The number of hydrogen-bond donors (Lipinski definition) is 1. The zero-order valence-electron chi connectivity index (χ0n) is 15.8. The normalized spacial score (nSPS) is 23.4. The summed E-state index contributed by atoms with van der Waals surface area (Å²) < 4.78 is 0. The van der Waals surface area contributed by atoms with E-state index in [0.717, 1.165) is 50.6 Å². The Morgan fingerprint density at radius 2 is 2.04 bits per heavy atom. The summed E-state index contributed by atoms with van der Waals surface area (Å²) in [6, 6.07) is 7.09. The number of carbonyl (C=O) groups is 1. The Bertz CT molecular complexity index is 683. The highest BCUT2D eigenvalue weighted by Crippen LogP contribution is 2.27. The molecular formula is C21H30N4O. The number of nitrogens with one attached hydrogen (secondary N) is 1. The van der Waals surface area contributed by atoms with Crippen molar-refractivity contribution in [1.29, 1.82) is 0 Å². The summed E-state index contributed by atoms with van der Waals surface area (Å²) in [6.45, 7) is 6.87. The van der Waals surface area contributed by atoms with Gasteiger partial charge in [0.2, 0.25) is 0 Å². The molecule has 4 rings (SSSR count). The molecule has 0 saturated heterocycles. The molecule has 1 aromatic rings. The third-order valence-corrected chi connectivity index (χ3v) is 6.17. The van der Waals surface area contributed by atoms with Crippen molar-refractivity contribution in [1.82, 2.24) is 15.2 Å². The topological polar surface area (TPSA) is 47.9 Å². The molecule has 5 heteroatoms. The lowest BCUT2D eigenvalue weighted by Gasteiger charge is -2.36. The summed E-state index contributed by atoms with van der Waals surface area (Å²) in [6.07, 6.45) is 8.25. The average Bonchev–Trinajstić information content (AvgIpc) is 2.99. The first kappa shape index (κ1) is 17.5. The molecule has 1 N–H and O–H groups in total. The highest BCUT2D eigenvalue weighted by Gasteiger charge is 2.26. The molecule has 26 heavy (non-hydrogen) atoms. The maximum atomic E-state index is 12.6. The first-order valence-electron chi connectivity index (χ1n) is 10.2. The van der Waals surface area contributed by atoms with Crippen molar-refractivity contribution in [3.63, 3.8) is 0 Å². The quantitative estimate of drug-likeness (QED) is 0.883. The van der Waals surface area contributed by atoms with Crippen molar-refractivity contribution in [3.8, 4) is 0 Å². The molecule has 1 fully saturated rings. The molecule has 0 aromatic heterocycles. The van der Waals surface area contributed by atoms with Gasteiger partial charge in [-0.1, -0.05) is 12.5 Å². The highest BCUT2D eigenvalue weighted by molar-refractivity contribution is 5.94. The smallest absolute Gasteiger partial charge is 0.251 e. The first-order chi connectivity index (χ1) is 12.7. The minimum atomic E-state index is 0.0382. The van der Waals surface area contributed by atoms with Gasteiger partial charge in [0.05, 0.1) is 0 Å². The number of carbonyl (C=O) groups excluding carboxylic acids is 1. The summed E-state index contributed by atoms with van der Waals surface area (Å²) in [5, 5.41) is 9.46. The molecule has 2 heterocycles. The Balaban J connectivity index is 1.34. The van der Waals surface area contributed by atoms with Crippen LogP contribution in [0, 0.1) is 5.92 Å². The van der Waals surface area contributed by atoms with E-state index < -0.39 is 0 Å². The van der Waals surface area contributed by atoms with Gasteiger partial charge in [-0.3, -0.25) is 14.7 Å². The van der Waals surface area contributed by atoms with Gasteiger partial charge in [-0.25, -0.2) is 0 Å². The van der Waals surface area contributed by atoms with E-state index in [2.05, 4.69) is 34.4 Å². The van der Waals surface area contributed by atoms with Crippen LogP contribution in [0.3, 0.4) is 0 Å². The van der Waals surface area contributed by atoms with Gasteiger partial charge in [0, 0.05) is 56.5 Å². The summed E-state index contributed by atoms with van der Waals surface area (Å²) in [5.41, 5.74) is 3.58. The number of amides is 1. The molecule has 1 amide bonds. The second kappa shape index (κ2) is 7.78. The second-order valence-corrected chi connectivity index (χ2v) is 7.84. The maximum absolute atomic E-state index is 12.6. The van der Waals surface area contributed by atoms with Gasteiger partial charge < -0.3 is 5.32 Å². The van der Waals surface area contributed by atoms with Crippen LogP contribution in [0.4, 0.5) is 0 Å². The van der Waals surface area contributed by atoms with Crippen LogP contribution in [0.2, 0.25) is 0 Å². The fourth-order valence-electron chi connectivity index (χ4n) is 4.21. The van der Waals surface area contributed by atoms with Gasteiger partial charge in [-0.2, -0.15) is 5.10 Å². The molecule has 1 saturated carbocycles. The van der Waals surface area contributed by atoms with E-state index in [1.807, 2.05) is 17.3 Å². The van der Waals surface area contributed by atoms with E-state index in [1.54, 1.807) is 0 Å². The van der Waals surface area contributed by atoms with Crippen LogP contribution in [0.25, 0.3) is 0 Å². The molecule has 2 aliphatic heterocycles. The van der Waals surface area contributed by atoms with Crippen molar-refractivity contribution in [2.24, 2.45) is 11.0 Å². The van der Waals surface area contributed by atoms with Crippen LogP contribution in [0.15, 0.2) is 23.3 Å². The van der Waals surface area contributed by atoms with Crippen LogP contribution in [-0.2, 0) is 12.8 Å². The number of benzene rings is 1. The lowest BCUT2D eigenvalue weighted by atomic mass is 9.91. The van der Waals surface area contributed by atoms with Gasteiger partial charge >= 0.3 is 0 Å². The predicted molar refractivity (Wildman–Crippen MR) is 105 cm³/mol. The molecule has 1 aliphatic carbocycles. The molecule has 1 atom stereocenters. The molecule has 5 nitrogen and oxygen atoms in total. The molecule has 3 aliphatic rings. The first-order valence-corrected chi connectivity index (χ1v) is 10.2. The maximum Gasteiger partial charge on any atom is 0.251 e. The van der Waals surface area contributed by atoms with Gasteiger partial charge in [-0.15, -0.1) is 0 Å². The third kappa shape index (κ3) is 3.78. The number of rotatable bonds is 5. The molecule has 140 valence electrons. The van der Waals surface area contributed by atoms with Gasteiger partial charge in [-0.05, 0) is 55.9 Å². The Kier molecular flexibility index (Phi) is 5.25. The van der Waals surface area contributed by atoms with Crippen molar-refractivity contribution in [3.05, 3.63) is 34.9 Å². The van der Waals surface area contributed by atoms with Crippen LogP contribution in [0.1, 0.15) is 47.7 Å². The van der Waals surface area contributed by atoms with E-state index in [1.165, 1.54) is 30.4 Å². The van der Waals surface area contributed by atoms with Crippen LogP contribution < -0.4 is 5.32 Å². The zero-order chi connectivity index (χ0) is 17.9. The Morgan fingerprint density at radius 3 is 2.73 bits per heavy atom. The van der Waals surface area contributed by atoms with E-state index in [0.29, 0.717) is 12.5 Å². The third-order valence-electron chi connectivity index (χ3n) is 6.17. The number of nitrogens with zero attached hydrogens (tertiary/aromatic N) is 3. The highest BCUT2D eigenvalue weighted by atomic mass is 16.1. The lowest BCUT2D eigenvalue weighted by molar-refractivity contribution is 0.0949. The fourth-order valence-corrected chi connectivity index (χ4v) is 4.21. The van der Waals surface area contributed by atoms with E-state index >= 15 is 0 Å². The van der Waals surface area contributed by atoms with Crippen molar-refractivity contribution in [2.75, 3.05) is 32.7 Å². The Labute approximate surface area is 156 Å². The summed E-state index contributed by atoms with van der Waals surface area (Å²) in [5.74, 6) is 0.354. The monoisotopic (exact) mass is 354 g/mol. The van der Waals surface area contributed by atoms with Crippen molar-refractivity contribution < 1.29 is 4.79 Å².